The van der Waals surface area contributed by atoms with E-state index in [1.54, 1.807) is 11.1 Å². The second kappa shape index (κ2) is 2.01. The number of rotatable bonds is 0. The van der Waals surface area contributed by atoms with Gasteiger partial charge < -0.3 is 0 Å². The molecule has 0 N–H and O–H groups in total. The SMILES string of the molecule is Cc1ccc2c(c1)[C@@H]1C=C[C@H]2C1. The number of benzene rings is 1. The van der Waals surface area contributed by atoms with Crippen LogP contribution in [0, 0.1) is 6.92 Å². The summed E-state index contributed by atoms with van der Waals surface area (Å²) < 4.78 is 0. The van der Waals surface area contributed by atoms with Crippen LogP contribution in [-0.2, 0) is 0 Å². The first-order chi connectivity index (χ1) is 5.84. The Labute approximate surface area is 72.9 Å². The van der Waals surface area contributed by atoms with Gasteiger partial charge in [-0.15, -0.1) is 0 Å². The molecule has 2 bridgehead atoms. The van der Waals surface area contributed by atoms with Gasteiger partial charge in [-0.25, -0.2) is 0 Å². The van der Waals surface area contributed by atoms with Gasteiger partial charge in [0.15, 0.2) is 0 Å². The van der Waals surface area contributed by atoms with Gasteiger partial charge in [0.05, 0.1) is 0 Å². The lowest BCUT2D eigenvalue weighted by Gasteiger charge is -2.10. The molecule has 0 nitrogen and oxygen atoms in total. The molecule has 0 heteroatoms. The van der Waals surface area contributed by atoms with E-state index in [0.29, 0.717) is 0 Å². The predicted octanol–water partition coefficient (Wildman–Crippen LogP) is 3.14. The van der Waals surface area contributed by atoms with Crippen LogP contribution in [0.25, 0.3) is 0 Å². The summed E-state index contributed by atoms with van der Waals surface area (Å²) in [7, 11) is 0. The molecule has 2 aliphatic carbocycles. The van der Waals surface area contributed by atoms with Crippen molar-refractivity contribution in [1.29, 1.82) is 0 Å². The van der Waals surface area contributed by atoms with E-state index in [-0.39, 0.29) is 0 Å². The molecule has 1 aromatic carbocycles. The van der Waals surface area contributed by atoms with Gasteiger partial charge >= 0.3 is 0 Å². The number of aryl methyl sites for hydroxylation is 1. The average molecular weight is 156 g/mol. The molecule has 0 aliphatic heterocycles. The molecule has 12 heavy (non-hydrogen) atoms. The van der Waals surface area contributed by atoms with Crippen LogP contribution in [0.5, 0.6) is 0 Å². The summed E-state index contributed by atoms with van der Waals surface area (Å²) in [6.45, 7) is 2.18. The Bertz CT molecular complexity index is 360. The Morgan fingerprint density at radius 2 is 1.83 bits per heavy atom. The largest absolute Gasteiger partial charge is 0.0804 e. The normalized spacial score (nSPS) is 29.4. The minimum Gasteiger partial charge on any atom is -0.0804 e. The lowest BCUT2D eigenvalue weighted by molar-refractivity contribution is 0.804. The van der Waals surface area contributed by atoms with E-state index in [2.05, 4.69) is 37.3 Å². The van der Waals surface area contributed by atoms with Crippen LogP contribution in [-0.4, -0.2) is 0 Å². The fourth-order valence-electron chi connectivity index (χ4n) is 2.51. The molecular weight excluding hydrogens is 144 g/mol. The third-order valence-corrected chi connectivity index (χ3v) is 3.12. The fraction of sp³-hybridized carbons (Fsp3) is 0.333. The van der Waals surface area contributed by atoms with Crippen molar-refractivity contribution in [2.24, 2.45) is 0 Å². The average Bonchev–Trinajstić information content (AvgIpc) is 2.63. The van der Waals surface area contributed by atoms with Crippen molar-refractivity contribution in [1.82, 2.24) is 0 Å². The van der Waals surface area contributed by atoms with Crippen LogP contribution in [0.2, 0.25) is 0 Å². The Hall–Kier alpha value is -1.04. The highest BCUT2D eigenvalue weighted by Gasteiger charge is 2.31. The first kappa shape index (κ1) is 6.47. The third-order valence-electron chi connectivity index (χ3n) is 3.12. The molecule has 3 rings (SSSR count). The summed E-state index contributed by atoms with van der Waals surface area (Å²) in [5.74, 6) is 1.48. The topological polar surface area (TPSA) is 0 Å². The molecule has 0 saturated heterocycles. The molecular formula is C12H12. The third kappa shape index (κ3) is 0.677. The zero-order valence-electron chi connectivity index (χ0n) is 7.25. The number of allylic oxidation sites excluding steroid dienone is 2. The van der Waals surface area contributed by atoms with Crippen LogP contribution in [0.3, 0.4) is 0 Å². The molecule has 0 amide bonds. The van der Waals surface area contributed by atoms with Gasteiger partial charge in [-0.1, -0.05) is 35.9 Å². The zero-order chi connectivity index (χ0) is 8.13. The van der Waals surface area contributed by atoms with Crippen molar-refractivity contribution in [3.8, 4) is 0 Å². The standard InChI is InChI=1S/C12H12/c1-8-2-5-11-9-3-4-10(7-9)12(11)6-8/h2-6,9-10H,7H2,1H3/t9-,10+/m0/s1. The van der Waals surface area contributed by atoms with Gasteiger partial charge in [0.25, 0.3) is 0 Å². The Kier molecular flexibility index (Phi) is 1.08. The van der Waals surface area contributed by atoms with E-state index in [1.165, 1.54) is 12.0 Å². The van der Waals surface area contributed by atoms with Gasteiger partial charge in [-0.2, -0.15) is 0 Å². The molecule has 0 fully saturated rings. The summed E-state index contributed by atoms with van der Waals surface area (Å²) in [4.78, 5) is 0. The molecule has 0 aromatic heterocycles. The van der Waals surface area contributed by atoms with E-state index in [9.17, 15) is 0 Å². The molecule has 60 valence electrons. The maximum Gasteiger partial charge on any atom is 0.00300 e. The molecule has 0 unspecified atom stereocenters. The zero-order valence-corrected chi connectivity index (χ0v) is 7.25. The number of hydrogen-bond donors (Lipinski definition) is 0. The van der Waals surface area contributed by atoms with Gasteiger partial charge in [0.1, 0.15) is 0 Å². The summed E-state index contributed by atoms with van der Waals surface area (Å²) in [5.41, 5.74) is 4.56. The van der Waals surface area contributed by atoms with Crippen molar-refractivity contribution in [3.05, 3.63) is 47.0 Å². The highest BCUT2D eigenvalue weighted by Crippen LogP contribution is 2.48. The maximum atomic E-state index is 2.37. The van der Waals surface area contributed by atoms with Crippen molar-refractivity contribution in [2.75, 3.05) is 0 Å². The van der Waals surface area contributed by atoms with Crippen molar-refractivity contribution >= 4 is 0 Å². The Morgan fingerprint density at radius 3 is 2.67 bits per heavy atom. The first-order valence-corrected chi connectivity index (χ1v) is 4.63. The first-order valence-electron chi connectivity index (χ1n) is 4.63. The molecule has 2 atom stereocenters. The molecule has 1 aromatic rings. The Morgan fingerprint density at radius 1 is 1.08 bits per heavy atom. The highest BCUT2D eigenvalue weighted by atomic mass is 14.4. The van der Waals surface area contributed by atoms with E-state index < -0.39 is 0 Å². The molecule has 0 spiro atoms. The molecule has 0 heterocycles. The van der Waals surface area contributed by atoms with Gasteiger partial charge in [0.2, 0.25) is 0 Å². The Balaban J connectivity index is 2.24. The van der Waals surface area contributed by atoms with Crippen LogP contribution < -0.4 is 0 Å². The van der Waals surface area contributed by atoms with E-state index in [4.69, 9.17) is 0 Å². The minimum absolute atomic E-state index is 0.741. The second-order valence-electron chi connectivity index (χ2n) is 3.97. The highest BCUT2D eigenvalue weighted by molar-refractivity contribution is 5.48. The maximum absolute atomic E-state index is 2.37. The monoisotopic (exact) mass is 156 g/mol. The van der Waals surface area contributed by atoms with Crippen LogP contribution in [0.4, 0.5) is 0 Å². The van der Waals surface area contributed by atoms with Gasteiger partial charge in [-0.05, 0) is 24.5 Å². The molecule has 2 aliphatic rings. The predicted molar refractivity (Wildman–Crippen MR) is 50.4 cm³/mol. The van der Waals surface area contributed by atoms with Crippen molar-refractivity contribution in [3.63, 3.8) is 0 Å². The van der Waals surface area contributed by atoms with E-state index >= 15 is 0 Å². The number of hydrogen-bond acceptors (Lipinski definition) is 0. The summed E-state index contributed by atoms with van der Waals surface area (Å²) in [6.07, 6.45) is 6.06. The number of fused-ring (bicyclic) bond motifs is 5. The van der Waals surface area contributed by atoms with Gasteiger partial charge in [0, 0.05) is 11.8 Å². The smallest absolute Gasteiger partial charge is 0.00300 e. The summed E-state index contributed by atoms with van der Waals surface area (Å²) in [5, 5.41) is 0. The lowest BCUT2D eigenvalue weighted by atomic mass is 9.95. The fourth-order valence-corrected chi connectivity index (χ4v) is 2.51. The minimum atomic E-state index is 0.741. The van der Waals surface area contributed by atoms with Crippen molar-refractivity contribution in [2.45, 2.75) is 25.2 Å². The lowest BCUT2D eigenvalue weighted by Crippen LogP contribution is -1.92. The van der Waals surface area contributed by atoms with Gasteiger partial charge in [-0.3, -0.25) is 0 Å². The van der Waals surface area contributed by atoms with Crippen molar-refractivity contribution < 1.29 is 0 Å². The van der Waals surface area contributed by atoms with E-state index in [0.717, 1.165) is 11.8 Å². The second-order valence-corrected chi connectivity index (χ2v) is 3.97. The van der Waals surface area contributed by atoms with Crippen LogP contribution in [0.1, 0.15) is 34.9 Å². The van der Waals surface area contributed by atoms with Crippen LogP contribution >= 0.6 is 0 Å². The summed E-state index contributed by atoms with van der Waals surface area (Å²) >= 11 is 0. The molecule has 0 radical (unpaired) electrons. The quantitative estimate of drug-likeness (QED) is 0.506. The summed E-state index contributed by atoms with van der Waals surface area (Å²) in [6, 6.07) is 6.88. The molecule has 0 saturated carbocycles. The van der Waals surface area contributed by atoms with E-state index in [1.807, 2.05) is 0 Å². The van der Waals surface area contributed by atoms with Crippen LogP contribution in [0.15, 0.2) is 30.4 Å².